The first-order chi connectivity index (χ1) is 10.1. The second-order valence-electron chi connectivity index (χ2n) is 4.28. The monoisotopic (exact) mass is 308 g/mol. The summed E-state index contributed by atoms with van der Waals surface area (Å²) in [6.07, 6.45) is 0. The lowest BCUT2D eigenvalue weighted by molar-refractivity contribution is 0.251. The molecule has 0 aliphatic heterocycles. The molecule has 2 amide bonds. The van der Waals surface area contributed by atoms with Gasteiger partial charge in [0, 0.05) is 11.6 Å². The zero-order valence-electron chi connectivity index (χ0n) is 11.3. The van der Waals surface area contributed by atoms with E-state index in [1.165, 1.54) is 18.2 Å². The lowest BCUT2D eigenvalue weighted by Gasteiger charge is -2.09. The van der Waals surface area contributed by atoms with Crippen molar-refractivity contribution in [1.29, 1.82) is 0 Å². The molecule has 21 heavy (non-hydrogen) atoms. The van der Waals surface area contributed by atoms with Crippen LogP contribution in [-0.2, 0) is 6.54 Å². The van der Waals surface area contributed by atoms with Gasteiger partial charge in [-0.1, -0.05) is 23.7 Å². The zero-order chi connectivity index (χ0) is 15.2. The number of anilines is 1. The first kappa shape index (κ1) is 15.1. The van der Waals surface area contributed by atoms with Crippen molar-refractivity contribution < 1.29 is 13.9 Å². The van der Waals surface area contributed by atoms with Crippen LogP contribution >= 0.6 is 11.6 Å². The average molecular weight is 309 g/mol. The van der Waals surface area contributed by atoms with Crippen LogP contribution in [0.4, 0.5) is 14.9 Å². The third-order valence-corrected chi connectivity index (χ3v) is 3.02. The van der Waals surface area contributed by atoms with E-state index < -0.39 is 11.8 Å². The Kier molecular flexibility index (Phi) is 5.00. The highest BCUT2D eigenvalue weighted by Crippen LogP contribution is 2.19. The molecule has 2 aromatic carbocycles. The SMILES string of the molecule is COc1ccc(CNC(=O)Nc2cc(Cl)ccc2F)cc1. The number of rotatable bonds is 4. The summed E-state index contributed by atoms with van der Waals surface area (Å²) in [5.41, 5.74) is 0.937. The van der Waals surface area contributed by atoms with Gasteiger partial charge < -0.3 is 15.4 Å². The van der Waals surface area contributed by atoms with Crippen molar-refractivity contribution in [1.82, 2.24) is 5.32 Å². The van der Waals surface area contributed by atoms with Gasteiger partial charge in [-0.2, -0.15) is 0 Å². The van der Waals surface area contributed by atoms with E-state index in [9.17, 15) is 9.18 Å². The third-order valence-electron chi connectivity index (χ3n) is 2.79. The smallest absolute Gasteiger partial charge is 0.319 e. The van der Waals surface area contributed by atoms with E-state index in [0.29, 0.717) is 11.6 Å². The highest BCUT2D eigenvalue weighted by atomic mass is 35.5. The quantitative estimate of drug-likeness (QED) is 0.902. The van der Waals surface area contributed by atoms with Gasteiger partial charge in [-0.05, 0) is 35.9 Å². The summed E-state index contributed by atoms with van der Waals surface area (Å²) in [4.78, 5) is 11.7. The molecule has 0 aromatic heterocycles. The summed E-state index contributed by atoms with van der Waals surface area (Å²) in [6, 6.07) is 10.7. The van der Waals surface area contributed by atoms with Crippen molar-refractivity contribution in [2.24, 2.45) is 0 Å². The molecule has 0 saturated carbocycles. The van der Waals surface area contributed by atoms with Gasteiger partial charge in [-0.15, -0.1) is 0 Å². The Morgan fingerprint density at radius 2 is 1.95 bits per heavy atom. The first-order valence-electron chi connectivity index (χ1n) is 6.21. The number of carbonyl (C=O) groups is 1. The van der Waals surface area contributed by atoms with Gasteiger partial charge in [0.15, 0.2) is 0 Å². The molecular weight excluding hydrogens is 295 g/mol. The lowest BCUT2D eigenvalue weighted by Crippen LogP contribution is -2.28. The fourth-order valence-electron chi connectivity index (χ4n) is 1.69. The molecule has 2 N–H and O–H groups in total. The Hall–Kier alpha value is -2.27. The Morgan fingerprint density at radius 1 is 1.24 bits per heavy atom. The molecular formula is C15H14ClFN2O2. The number of halogens is 2. The van der Waals surface area contributed by atoms with E-state index in [0.717, 1.165) is 11.3 Å². The summed E-state index contributed by atoms with van der Waals surface area (Å²) in [6.45, 7) is 0.317. The number of urea groups is 1. The molecule has 6 heteroatoms. The predicted molar refractivity (Wildman–Crippen MR) is 80.3 cm³/mol. The summed E-state index contributed by atoms with van der Waals surface area (Å²) < 4.78 is 18.5. The highest BCUT2D eigenvalue weighted by molar-refractivity contribution is 6.30. The highest BCUT2D eigenvalue weighted by Gasteiger charge is 2.07. The van der Waals surface area contributed by atoms with Gasteiger partial charge in [-0.25, -0.2) is 9.18 Å². The van der Waals surface area contributed by atoms with Crippen molar-refractivity contribution in [3.05, 3.63) is 58.9 Å². The molecule has 0 spiro atoms. The zero-order valence-corrected chi connectivity index (χ0v) is 12.1. The summed E-state index contributed by atoms with van der Waals surface area (Å²) in [5, 5.41) is 5.39. The topological polar surface area (TPSA) is 50.4 Å². The second-order valence-corrected chi connectivity index (χ2v) is 4.72. The predicted octanol–water partition coefficient (Wildman–Crippen LogP) is 3.81. The minimum absolute atomic E-state index is 0.0368. The van der Waals surface area contributed by atoms with Crippen LogP contribution in [0.15, 0.2) is 42.5 Å². The van der Waals surface area contributed by atoms with Crippen LogP contribution in [0.5, 0.6) is 5.75 Å². The Bertz CT molecular complexity index is 632. The lowest BCUT2D eigenvalue weighted by atomic mass is 10.2. The van der Waals surface area contributed by atoms with Crippen LogP contribution in [-0.4, -0.2) is 13.1 Å². The van der Waals surface area contributed by atoms with Crippen LogP contribution in [0.3, 0.4) is 0 Å². The molecule has 0 aliphatic rings. The number of benzene rings is 2. The Labute approximate surface area is 126 Å². The standard InChI is InChI=1S/C15H14ClFN2O2/c1-21-12-5-2-10(3-6-12)9-18-15(20)19-14-8-11(16)4-7-13(14)17/h2-8H,9H2,1H3,(H2,18,19,20). The van der Waals surface area contributed by atoms with Gasteiger partial charge in [0.05, 0.1) is 12.8 Å². The van der Waals surface area contributed by atoms with Crippen molar-refractivity contribution in [3.8, 4) is 5.75 Å². The van der Waals surface area contributed by atoms with Crippen LogP contribution in [0.25, 0.3) is 0 Å². The maximum atomic E-state index is 13.5. The Morgan fingerprint density at radius 3 is 2.62 bits per heavy atom. The molecule has 0 fully saturated rings. The first-order valence-corrected chi connectivity index (χ1v) is 6.59. The van der Waals surface area contributed by atoms with Gasteiger partial charge >= 0.3 is 6.03 Å². The fourth-order valence-corrected chi connectivity index (χ4v) is 1.86. The summed E-state index contributed by atoms with van der Waals surface area (Å²) >= 11 is 5.75. The van der Waals surface area contributed by atoms with E-state index in [-0.39, 0.29) is 5.69 Å². The van der Waals surface area contributed by atoms with Crippen LogP contribution in [0, 0.1) is 5.82 Å². The summed E-state index contributed by atoms with van der Waals surface area (Å²) in [5.74, 6) is 0.197. The number of hydrogen-bond donors (Lipinski definition) is 2. The molecule has 0 atom stereocenters. The molecule has 0 heterocycles. The van der Waals surface area contributed by atoms with E-state index in [2.05, 4.69) is 10.6 Å². The van der Waals surface area contributed by atoms with Gasteiger partial charge in [-0.3, -0.25) is 0 Å². The van der Waals surface area contributed by atoms with Crippen molar-refractivity contribution in [2.45, 2.75) is 6.54 Å². The molecule has 0 radical (unpaired) electrons. The average Bonchev–Trinajstić information content (AvgIpc) is 2.49. The third kappa shape index (κ3) is 4.36. The molecule has 4 nitrogen and oxygen atoms in total. The number of amides is 2. The van der Waals surface area contributed by atoms with Gasteiger partial charge in [0.25, 0.3) is 0 Å². The van der Waals surface area contributed by atoms with Crippen LogP contribution in [0.1, 0.15) is 5.56 Å². The van der Waals surface area contributed by atoms with E-state index in [1.807, 2.05) is 12.1 Å². The van der Waals surface area contributed by atoms with E-state index in [1.54, 1.807) is 19.2 Å². The molecule has 0 saturated heterocycles. The molecule has 0 unspecified atom stereocenters. The number of hydrogen-bond acceptors (Lipinski definition) is 2. The number of ether oxygens (including phenoxy) is 1. The number of carbonyl (C=O) groups excluding carboxylic acids is 1. The summed E-state index contributed by atoms with van der Waals surface area (Å²) in [7, 11) is 1.58. The molecule has 2 aromatic rings. The largest absolute Gasteiger partial charge is 0.497 e. The normalized spacial score (nSPS) is 10.0. The van der Waals surface area contributed by atoms with Crippen molar-refractivity contribution in [3.63, 3.8) is 0 Å². The molecule has 2 rings (SSSR count). The minimum Gasteiger partial charge on any atom is -0.497 e. The number of methoxy groups -OCH3 is 1. The second kappa shape index (κ2) is 6.95. The van der Waals surface area contributed by atoms with Crippen molar-refractivity contribution in [2.75, 3.05) is 12.4 Å². The maximum absolute atomic E-state index is 13.5. The van der Waals surface area contributed by atoms with Gasteiger partial charge in [0.1, 0.15) is 11.6 Å². The maximum Gasteiger partial charge on any atom is 0.319 e. The fraction of sp³-hybridized carbons (Fsp3) is 0.133. The van der Waals surface area contributed by atoms with E-state index in [4.69, 9.17) is 16.3 Å². The molecule has 110 valence electrons. The van der Waals surface area contributed by atoms with Gasteiger partial charge in [0.2, 0.25) is 0 Å². The van der Waals surface area contributed by atoms with Crippen LogP contribution in [0.2, 0.25) is 5.02 Å². The van der Waals surface area contributed by atoms with Crippen molar-refractivity contribution >= 4 is 23.3 Å². The van der Waals surface area contributed by atoms with E-state index >= 15 is 0 Å². The Balaban J connectivity index is 1.91. The van der Waals surface area contributed by atoms with Crippen LogP contribution < -0.4 is 15.4 Å². The molecule has 0 bridgehead atoms. The minimum atomic E-state index is -0.543. The molecule has 0 aliphatic carbocycles. The number of nitrogens with one attached hydrogen (secondary N) is 2.